The Bertz CT molecular complexity index is 452. The molecule has 1 atom stereocenters. The Hall–Kier alpha value is -1.14. The summed E-state index contributed by atoms with van der Waals surface area (Å²) in [5.41, 5.74) is 5.74. The van der Waals surface area contributed by atoms with Gasteiger partial charge in [-0.05, 0) is 32.0 Å². The highest BCUT2D eigenvalue weighted by molar-refractivity contribution is 7.99. The molecule has 1 rings (SSSR count). The minimum atomic E-state index is -1.12. The number of nitrogens with two attached hydrogens (primary N) is 1. The third kappa shape index (κ3) is 3.68. The molecule has 0 aliphatic heterocycles. The second-order valence-electron chi connectivity index (χ2n) is 4.44. The van der Waals surface area contributed by atoms with Crippen molar-refractivity contribution in [2.24, 2.45) is 5.73 Å². The van der Waals surface area contributed by atoms with Crippen molar-refractivity contribution in [2.45, 2.75) is 30.4 Å². The van der Waals surface area contributed by atoms with E-state index in [9.17, 15) is 13.6 Å². The Kier molecular flexibility index (Phi) is 4.70. The first-order valence-corrected chi connectivity index (χ1v) is 6.29. The summed E-state index contributed by atoms with van der Waals surface area (Å²) in [6, 6.07) is 2.12. The smallest absolute Gasteiger partial charge is 0.321 e. The molecule has 3 nitrogen and oxygen atoms in total. The average Bonchev–Trinajstić information content (AvgIpc) is 2.29. The van der Waals surface area contributed by atoms with Gasteiger partial charge in [-0.25, -0.2) is 8.78 Å². The molecule has 0 fully saturated rings. The Morgan fingerprint density at radius 1 is 1.50 bits per heavy atom. The summed E-state index contributed by atoms with van der Waals surface area (Å²) in [5, 5.41) is 8.84. The first-order valence-electron chi connectivity index (χ1n) is 5.30. The molecular formula is C12H15F2NO2S. The van der Waals surface area contributed by atoms with Crippen LogP contribution in [0, 0.1) is 11.6 Å². The Morgan fingerprint density at radius 3 is 2.67 bits per heavy atom. The molecule has 0 aliphatic rings. The van der Waals surface area contributed by atoms with E-state index in [0.29, 0.717) is 0 Å². The number of carboxylic acids is 1. The van der Waals surface area contributed by atoms with E-state index in [0.717, 1.165) is 18.2 Å². The molecule has 0 aromatic heterocycles. The molecule has 0 unspecified atom stereocenters. The van der Waals surface area contributed by atoms with E-state index in [1.807, 2.05) is 0 Å². The van der Waals surface area contributed by atoms with Crippen molar-refractivity contribution < 1.29 is 18.7 Å². The molecule has 100 valence electrons. The third-order valence-corrected chi connectivity index (χ3v) is 4.08. The first-order chi connectivity index (χ1) is 8.24. The summed E-state index contributed by atoms with van der Waals surface area (Å²) < 4.78 is 25.6. The second kappa shape index (κ2) is 5.67. The molecule has 0 amide bonds. The van der Waals surface area contributed by atoms with Gasteiger partial charge < -0.3 is 10.8 Å². The lowest BCUT2D eigenvalue weighted by Crippen LogP contribution is -2.46. The molecule has 0 spiro atoms. The number of rotatable bonds is 5. The lowest BCUT2D eigenvalue weighted by atomic mass is 10.1. The molecule has 0 aliphatic carbocycles. The van der Waals surface area contributed by atoms with Crippen LogP contribution >= 0.6 is 11.8 Å². The van der Waals surface area contributed by atoms with Crippen LogP contribution in [0.15, 0.2) is 18.2 Å². The largest absolute Gasteiger partial charge is 0.480 e. The fraction of sp³-hybridized carbons (Fsp3) is 0.417. The highest BCUT2D eigenvalue weighted by atomic mass is 32.2. The van der Waals surface area contributed by atoms with Crippen LogP contribution in [0.2, 0.25) is 0 Å². The highest BCUT2D eigenvalue weighted by Crippen LogP contribution is 2.31. The minimum absolute atomic E-state index is 0.164. The quantitative estimate of drug-likeness (QED) is 0.866. The summed E-state index contributed by atoms with van der Waals surface area (Å²) in [7, 11) is 0. The normalized spacial score (nSPS) is 13.4. The average molecular weight is 275 g/mol. The van der Waals surface area contributed by atoms with Gasteiger partial charge in [0.05, 0.1) is 0 Å². The maximum Gasteiger partial charge on any atom is 0.321 e. The summed E-state index contributed by atoms with van der Waals surface area (Å²) >= 11 is 1.18. The van der Waals surface area contributed by atoms with Gasteiger partial charge in [-0.2, -0.15) is 0 Å². The molecular weight excluding hydrogens is 260 g/mol. The van der Waals surface area contributed by atoms with Gasteiger partial charge in [-0.3, -0.25) is 4.79 Å². The molecule has 6 heteroatoms. The molecule has 18 heavy (non-hydrogen) atoms. The van der Waals surface area contributed by atoms with Gasteiger partial charge in [0.25, 0.3) is 0 Å². The van der Waals surface area contributed by atoms with Crippen LogP contribution < -0.4 is 5.73 Å². The van der Waals surface area contributed by atoms with Crippen molar-refractivity contribution in [3.63, 3.8) is 0 Å². The van der Waals surface area contributed by atoms with Crippen molar-refractivity contribution in [3.05, 3.63) is 35.4 Å². The molecule has 0 heterocycles. The Labute approximate surface area is 108 Å². The Balaban J connectivity index is 2.75. The van der Waals surface area contributed by atoms with Gasteiger partial charge in [-0.1, -0.05) is 0 Å². The van der Waals surface area contributed by atoms with E-state index in [-0.39, 0.29) is 11.3 Å². The van der Waals surface area contributed by atoms with Gasteiger partial charge >= 0.3 is 5.97 Å². The zero-order chi connectivity index (χ0) is 13.9. The number of benzene rings is 1. The van der Waals surface area contributed by atoms with Gasteiger partial charge in [0.2, 0.25) is 0 Å². The third-order valence-electron chi connectivity index (χ3n) is 2.62. The summed E-state index contributed by atoms with van der Waals surface area (Å²) in [6.45, 7) is 3.32. The SMILES string of the molecule is CC(C)(SCc1cc(F)ccc1F)[C@H](N)C(=O)O. The van der Waals surface area contributed by atoms with E-state index in [1.165, 1.54) is 11.8 Å². The van der Waals surface area contributed by atoms with E-state index in [1.54, 1.807) is 13.8 Å². The van der Waals surface area contributed by atoms with Crippen molar-refractivity contribution in [3.8, 4) is 0 Å². The van der Waals surface area contributed by atoms with Crippen LogP contribution in [-0.4, -0.2) is 21.9 Å². The standard InChI is InChI=1S/C12H15F2NO2S/c1-12(2,10(15)11(16)17)18-6-7-5-8(13)3-4-9(7)14/h3-5,10H,6,15H2,1-2H3,(H,16,17)/t10-/m1/s1. The zero-order valence-electron chi connectivity index (χ0n) is 10.1. The van der Waals surface area contributed by atoms with Crippen LogP contribution in [0.1, 0.15) is 19.4 Å². The van der Waals surface area contributed by atoms with Crippen LogP contribution in [0.5, 0.6) is 0 Å². The molecule has 0 saturated heterocycles. The number of halogens is 2. The zero-order valence-corrected chi connectivity index (χ0v) is 10.9. The van der Waals surface area contributed by atoms with E-state index in [4.69, 9.17) is 10.8 Å². The van der Waals surface area contributed by atoms with Crippen molar-refractivity contribution in [1.82, 2.24) is 0 Å². The van der Waals surface area contributed by atoms with Gasteiger partial charge in [0.1, 0.15) is 17.7 Å². The van der Waals surface area contributed by atoms with Crippen molar-refractivity contribution in [1.29, 1.82) is 0 Å². The number of thioether (sulfide) groups is 1. The molecule has 1 aromatic carbocycles. The molecule has 0 saturated carbocycles. The maximum atomic E-state index is 13.4. The summed E-state index contributed by atoms with van der Waals surface area (Å²) in [6.07, 6.45) is 0. The van der Waals surface area contributed by atoms with Crippen molar-refractivity contribution >= 4 is 17.7 Å². The van der Waals surface area contributed by atoms with E-state index >= 15 is 0 Å². The second-order valence-corrected chi connectivity index (χ2v) is 6.07. The number of hydrogen-bond acceptors (Lipinski definition) is 3. The summed E-state index contributed by atoms with van der Waals surface area (Å²) in [5.74, 6) is -1.99. The van der Waals surface area contributed by atoms with Crippen LogP contribution in [0.25, 0.3) is 0 Å². The number of hydrogen-bond donors (Lipinski definition) is 2. The number of aliphatic carboxylic acids is 1. The maximum absolute atomic E-state index is 13.4. The van der Waals surface area contributed by atoms with Crippen molar-refractivity contribution in [2.75, 3.05) is 0 Å². The van der Waals surface area contributed by atoms with Crippen LogP contribution in [0.3, 0.4) is 0 Å². The molecule has 0 bridgehead atoms. The van der Waals surface area contributed by atoms with Gasteiger partial charge in [-0.15, -0.1) is 11.8 Å². The molecule has 0 radical (unpaired) electrons. The fourth-order valence-electron chi connectivity index (χ4n) is 1.30. The predicted molar refractivity (Wildman–Crippen MR) is 67.3 cm³/mol. The first kappa shape index (κ1) is 14.9. The van der Waals surface area contributed by atoms with Gasteiger partial charge in [0.15, 0.2) is 0 Å². The van der Waals surface area contributed by atoms with E-state index < -0.39 is 28.4 Å². The topological polar surface area (TPSA) is 63.3 Å². The lowest BCUT2D eigenvalue weighted by molar-refractivity contribution is -0.139. The monoisotopic (exact) mass is 275 g/mol. The molecule has 3 N–H and O–H groups in total. The Morgan fingerprint density at radius 2 is 2.11 bits per heavy atom. The minimum Gasteiger partial charge on any atom is -0.480 e. The summed E-state index contributed by atoms with van der Waals surface area (Å²) in [4.78, 5) is 10.8. The molecule has 1 aromatic rings. The van der Waals surface area contributed by atoms with Crippen LogP contribution in [0.4, 0.5) is 8.78 Å². The lowest BCUT2D eigenvalue weighted by Gasteiger charge is -2.28. The number of carboxylic acid groups (broad SMARTS) is 1. The van der Waals surface area contributed by atoms with E-state index in [2.05, 4.69) is 0 Å². The fourth-order valence-corrected chi connectivity index (χ4v) is 2.33. The predicted octanol–water partition coefficient (Wildman–Crippen LogP) is 2.39. The van der Waals surface area contributed by atoms with Crippen LogP contribution in [-0.2, 0) is 10.5 Å². The number of carbonyl (C=O) groups is 1. The highest BCUT2D eigenvalue weighted by Gasteiger charge is 2.32. The van der Waals surface area contributed by atoms with Gasteiger partial charge in [0, 0.05) is 16.1 Å².